The van der Waals surface area contributed by atoms with Gasteiger partial charge in [-0.05, 0) is 38.3 Å². The molecule has 2 aliphatic carbocycles. The van der Waals surface area contributed by atoms with Gasteiger partial charge in [0.1, 0.15) is 0 Å². The predicted octanol–water partition coefficient (Wildman–Crippen LogP) is 3.45. The number of hydrogen-bond donors (Lipinski definition) is 0. The van der Waals surface area contributed by atoms with Crippen LogP contribution in [0.15, 0.2) is 23.3 Å². The highest BCUT2D eigenvalue weighted by molar-refractivity contribution is 5.26. The molecule has 0 nitrogen and oxygen atoms in total. The summed E-state index contributed by atoms with van der Waals surface area (Å²) in [7, 11) is 0. The molecular formula is C11H16. The van der Waals surface area contributed by atoms with E-state index < -0.39 is 43.4 Å². The summed E-state index contributed by atoms with van der Waals surface area (Å²) in [5.41, 5.74) is -0.211. The molecule has 2 unspecified atom stereocenters. The molecule has 60 valence electrons. The fraction of sp³-hybridized carbons (Fsp3) is 0.636. The molecule has 0 N–H and O–H groups in total. The lowest BCUT2D eigenvalue weighted by atomic mass is 9.78. The molecular weight excluding hydrogens is 132 g/mol. The molecule has 0 heterocycles. The maximum absolute atomic E-state index is 8.39. The van der Waals surface area contributed by atoms with Gasteiger partial charge < -0.3 is 0 Å². The van der Waals surface area contributed by atoms with E-state index in [4.69, 9.17) is 13.7 Å². The van der Waals surface area contributed by atoms with Gasteiger partial charge >= 0.3 is 0 Å². The number of allylic oxidation sites excluding steroid dienone is 4. The molecule has 11 heavy (non-hydrogen) atoms. The van der Waals surface area contributed by atoms with Crippen molar-refractivity contribution in [3.05, 3.63) is 23.3 Å². The average molecular weight is 158 g/mol. The Bertz CT molecular complexity index is 543. The molecule has 2 rings (SSSR count). The van der Waals surface area contributed by atoms with Crippen molar-refractivity contribution in [1.29, 1.82) is 0 Å². The van der Waals surface area contributed by atoms with Crippen LogP contribution < -0.4 is 0 Å². The Morgan fingerprint density at radius 2 is 2.45 bits per heavy atom. The Labute approximate surface area is 83.0 Å². The Morgan fingerprint density at radius 1 is 1.55 bits per heavy atom. The molecule has 0 saturated heterocycles. The van der Waals surface area contributed by atoms with Gasteiger partial charge in [-0.2, -0.15) is 0 Å². The van der Waals surface area contributed by atoms with Crippen LogP contribution in [0, 0.1) is 5.89 Å². The summed E-state index contributed by atoms with van der Waals surface area (Å²) in [5.74, 6) is -2.52. The monoisotopic (exact) mass is 158 g/mol. The first-order valence-corrected chi connectivity index (χ1v) is 3.49. The van der Waals surface area contributed by atoms with E-state index >= 15 is 0 Å². The fourth-order valence-corrected chi connectivity index (χ4v) is 1.07. The molecule has 0 aliphatic heterocycles. The highest BCUT2D eigenvalue weighted by Gasteiger charge is 2.20. The SMILES string of the molecule is [2H]C1C(C)=CC=C2C([2H])([2H])C([2H])([2H])C([2H])([2H])C([2H])([2H])C21[2H]. The van der Waals surface area contributed by atoms with Crippen molar-refractivity contribution in [3.8, 4) is 0 Å². The van der Waals surface area contributed by atoms with E-state index in [1.165, 1.54) is 13.0 Å². The zero-order valence-corrected chi connectivity index (χ0v) is 6.23. The van der Waals surface area contributed by atoms with Crippen molar-refractivity contribution in [1.82, 2.24) is 0 Å². The van der Waals surface area contributed by atoms with Gasteiger partial charge in [0, 0.05) is 13.7 Å². The van der Waals surface area contributed by atoms with E-state index in [-0.39, 0.29) is 0 Å². The second-order valence-electron chi connectivity index (χ2n) is 2.55. The minimum absolute atomic E-state index is 0.312. The van der Waals surface area contributed by atoms with Gasteiger partial charge in [-0.15, -0.1) is 0 Å². The van der Waals surface area contributed by atoms with Gasteiger partial charge in [0.05, 0.1) is 0 Å². The zero-order valence-electron chi connectivity index (χ0n) is 16.2. The average Bonchev–Trinajstić information content (AvgIpc) is 2.33. The topological polar surface area (TPSA) is 0 Å². The molecule has 0 heteroatoms. The Morgan fingerprint density at radius 3 is 3.36 bits per heavy atom. The summed E-state index contributed by atoms with van der Waals surface area (Å²) in [6.45, 7) is 1.49. The van der Waals surface area contributed by atoms with Crippen LogP contribution in [0.4, 0.5) is 0 Å². The molecule has 0 radical (unpaired) electrons. The third-order valence-corrected chi connectivity index (χ3v) is 1.63. The van der Waals surface area contributed by atoms with Crippen LogP contribution in [0.3, 0.4) is 0 Å². The standard InChI is InChI=1S/C11H16/c1-9-6-7-10-4-2-3-5-11(10)8-9/h6-7,11H,2-5,8H2,1H3/i2D2,3D2,4D2,5D2,8D,11D. The first kappa shape index (κ1) is 2.04. The number of hydrogen-bond acceptors (Lipinski definition) is 0. The molecule has 0 aromatic heterocycles. The molecule has 1 fully saturated rings. The van der Waals surface area contributed by atoms with Gasteiger partial charge in [0.15, 0.2) is 0 Å². The van der Waals surface area contributed by atoms with Gasteiger partial charge in [0.2, 0.25) is 0 Å². The summed E-state index contributed by atoms with van der Waals surface area (Å²) >= 11 is 0. The Kier molecular flexibility index (Phi) is 0.528. The molecule has 0 bridgehead atoms. The summed E-state index contributed by atoms with van der Waals surface area (Å²) < 4.78 is 79.6. The van der Waals surface area contributed by atoms with E-state index in [1.807, 2.05) is 0 Å². The summed E-state index contributed by atoms with van der Waals surface area (Å²) in [6.07, 6.45) is -11.4. The van der Waals surface area contributed by atoms with E-state index in [0.29, 0.717) is 5.57 Å². The first-order valence-electron chi connectivity index (χ1n) is 8.57. The van der Waals surface area contributed by atoms with E-state index in [9.17, 15) is 0 Å². The highest BCUT2D eigenvalue weighted by atomic mass is 14.3. The van der Waals surface area contributed by atoms with Crippen LogP contribution >= 0.6 is 0 Å². The van der Waals surface area contributed by atoms with Gasteiger partial charge in [-0.3, -0.25) is 0 Å². The van der Waals surface area contributed by atoms with Crippen LogP contribution in [-0.4, -0.2) is 0 Å². The van der Waals surface area contributed by atoms with Gasteiger partial charge in [0.25, 0.3) is 0 Å². The molecule has 1 saturated carbocycles. The van der Waals surface area contributed by atoms with Crippen molar-refractivity contribution in [3.63, 3.8) is 0 Å². The molecule has 0 amide bonds. The van der Waals surface area contributed by atoms with Crippen LogP contribution in [0.5, 0.6) is 0 Å². The van der Waals surface area contributed by atoms with Gasteiger partial charge in [-0.1, -0.05) is 29.7 Å². The Hall–Kier alpha value is -0.520. The normalized spacial score (nSPS) is 75.5. The van der Waals surface area contributed by atoms with Crippen LogP contribution in [0.25, 0.3) is 0 Å². The molecule has 0 aromatic rings. The maximum atomic E-state index is 8.39. The number of rotatable bonds is 0. The van der Waals surface area contributed by atoms with Crippen molar-refractivity contribution in [2.45, 2.75) is 38.8 Å². The minimum Gasteiger partial charge on any atom is -0.0727 e. The number of fused-ring (bicyclic) bond motifs is 1. The lowest BCUT2D eigenvalue weighted by Gasteiger charge is -2.28. The molecule has 2 atom stereocenters. The Balaban J connectivity index is 2.87. The van der Waals surface area contributed by atoms with Crippen molar-refractivity contribution < 1.29 is 13.7 Å². The third-order valence-electron chi connectivity index (χ3n) is 1.63. The summed E-state index contributed by atoms with van der Waals surface area (Å²) in [4.78, 5) is 0. The van der Waals surface area contributed by atoms with Crippen molar-refractivity contribution >= 4 is 0 Å². The molecule has 0 spiro atoms. The van der Waals surface area contributed by atoms with Gasteiger partial charge in [-0.25, -0.2) is 0 Å². The van der Waals surface area contributed by atoms with Crippen molar-refractivity contribution in [2.75, 3.05) is 0 Å². The minimum atomic E-state index is -3.26. The second-order valence-corrected chi connectivity index (χ2v) is 2.55. The first-order chi connectivity index (χ1) is 9.17. The van der Waals surface area contributed by atoms with E-state index in [2.05, 4.69) is 0 Å². The summed E-state index contributed by atoms with van der Waals surface area (Å²) in [5, 5.41) is 0. The zero-order chi connectivity index (χ0) is 16.6. The largest absolute Gasteiger partial charge is 0.0727 e. The van der Waals surface area contributed by atoms with Crippen LogP contribution in [0.1, 0.15) is 52.5 Å². The third kappa shape index (κ3) is 1.40. The maximum Gasteiger partial charge on any atom is 0.0352 e. The smallest absolute Gasteiger partial charge is 0.0352 e. The molecule has 2 aliphatic rings. The summed E-state index contributed by atoms with van der Waals surface area (Å²) in [6, 6.07) is 0. The van der Waals surface area contributed by atoms with Crippen molar-refractivity contribution in [2.24, 2.45) is 5.89 Å². The highest BCUT2D eigenvalue weighted by Crippen LogP contribution is 2.36. The van der Waals surface area contributed by atoms with E-state index in [0.717, 1.165) is 6.08 Å². The lowest BCUT2D eigenvalue weighted by molar-refractivity contribution is 0.445. The van der Waals surface area contributed by atoms with Crippen LogP contribution in [-0.2, 0) is 0 Å². The van der Waals surface area contributed by atoms with Crippen LogP contribution in [0.2, 0.25) is 0 Å². The fourth-order valence-electron chi connectivity index (χ4n) is 1.07. The molecule has 0 aromatic carbocycles. The quantitative estimate of drug-likeness (QED) is 0.506. The van der Waals surface area contributed by atoms with E-state index in [1.54, 1.807) is 0 Å². The predicted molar refractivity (Wildman–Crippen MR) is 48.4 cm³/mol. The lowest BCUT2D eigenvalue weighted by Crippen LogP contribution is -2.12. The second kappa shape index (κ2) is 2.84.